The second-order valence-corrected chi connectivity index (χ2v) is 4.19. The molecular formula is C10H14BrN3O3. The number of oxime groups is 1. The molecule has 4 N–H and O–H groups in total. The Morgan fingerprint density at radius 2 is 2.29 bits per heavy atom. The summed E-state index contributed by atoms with van der Waals surface area (Å²) in [6.45, 7) is 0.524. The monoisotopic (exact) mass is 303 g/mol. The number of furan rings is 1. The van der Waals surface area contributed by atoms with Gasteiger partial charge in [-0.3, -0.25) is 4.79 Å². The fourth-order valence-electron chi connectivity index (χ4n) is 1.21. The van der Waals surface area contributed by atoms with Crippen molar-refractivity contribution in [1.29, 1.82) is 0 Å². The van der Waals surface area contributed by atoms with E-state index >= 15 is 0 Å². The van der Waals surface area contributed by atoms with Gasteiger partial charge >= 0.3 is 0 Å². The van der Waals surface area contributed by atoms with Crippen LogP contribution in [0.5, 0.6) is 0 Å². The summed E-state index contributed by atoms with van der Waals surface area (Å²) < 4.78 is 5.61. The first kappa shape index (κ1) is 13.6. The number of halogens is 1. The summed E-state index contributed by atoms with van der Waals surface area (Å²) in [6, 6.07) is 3.25. The first-order chi connectivity index (χ1) is 8.13. The molecule has 0 atom stereocenters. The fourth-order valence-corrected chi connectivity index (χ4v) is 1.51. The number of nitrogens with one attached hydrogen (secondary N) is 1. The molecule has 0 aliphatic rings. The SMILES string of the molecule is NC(CCCCNC(=O)c1ccc(Br)o1)=NO. The predicted octanol–water partition coefficient (Wildman–Crippen LogP) is 1.69. The van der Waals surface area contributed by atoms with Crippen molar-refractivity contribution in [3.8, 4) is 0 Å². The second kappa shape index (κ2) is 6.95. The van der Waals surface area contributed by atoms with Crippen LogP contribution in [-0.2, 0) is 0 Å². The zero-order chi connectivity index (χ0) is 12.7. The molecule has 0 bridgehead atoms. The summed E-state index contributed by atoms with van der Waals surface area (Å²) in [5, 5.41) is 13.9. The number of hydrogen-bond acceptors (Lipinski definition) is 4. The highest BCUT2D eigenvalue weighted by Gasteiger charge is 2.08. The molecule has 1 heterocycles. The number of rotatable bonds is 6. The molecule has 7 heteroatoms. The lowest BCUT2D eigenvalue weighted by Gasteiger charge is -2.02. The van der Waals surface area contributed by atoms with Crippen LogP contribution < -0.4 is 11.1 Å². The maximum absolute atomic E-state index is 11.5. The van der Waals surface area contributed by atoms with Gasteiger partial charge in [-0.15, -0.1) is 0 Å². The number of carbonyl (C=O) groups excluding carboxylic acids is 1. The number of hydrogen-bond donors (Lipinski definition) is 3. The molecule has 0 spiro atoms. The van der Waals surface area contributed by atoms with Gasteiger partial charge in [-0.2, -0.15) is 0 Å². The van der Waals surface area contributed by atoms with Crippen molar-refractivity contribution in [1.82, 2.24) is 5.32 Å². The van der Waals surface area contributed by atoms with Crippen LogP contribution in [-0.4, -0.2) is 23.5 Å². The van der Waals surface area contributed by atoms with Gasteiger partial charge in [0.25, 0.3) is 5.91 Å². The Bertz CT molecular complexity index is 403. The molecule has 1 amide bonds. The minimum atomic E-state index is -0.250. The molecule has 0 fully saturated rings. The number of nitrogens with zero attached hydrogens (tertiary/aromatic N) is 1. The first-order valence-corrected chi connectivity index (χ1v) is 5.92. The molecule has 0 unspecified atom stereocenters. The van der Waals surface area contributed by atoms with Crippen molar-refractivity contribution >= 4 is 27.7 Å². The Labute approximate surface area is 107 Å². The third kappa shape index (κ3) is 4.90. The third-order valence-electron chi connectivity index (χ3n) is 2.07. The van der Waals surface area contributed by atoms with Gasteiger partial charge in [0, 0.05) is 13.0 Å². The van der Waals surface area contributed by atoms with Crippen LogP contribution in [0.25, 0.3) is 0 Å². The summed E-state index contributed by atoms with van der Waals surface area (Å²) in [6.07, 6.45) is 2.01. The third-order valence-corrected chi connectivity index (χ3v) is 2.50. The van der Waals surface area contributed by atoms with E-state index in [9.17, 15) is 4.79 Å². The number of nitrogens with two attached hydrogens (primary N) is 1. The van der Waals surface area contributed by atoms with Crippen LogP contribution in [0.1, 0.15) is 29.8 Å². The Balaban J connectivity index is 2.17. The molecule has 94 valence electrons. The molecule has 1 rings (SSSR count). The van der Waals surface area contributed by atoms with Gasteiger partial charge in [0.05, 0.1) is 0 Å². The molecule has 0 aromatic carbocycles. The largest absolute Gasteiger partial charge is 0.444 e. The summed E-state index contributed by atoms with van der Waals surface area (Å²) in [7, 11) is 0. The quantitative estimate of drug-likeness (QED) is 0.245. The molecule has 17 heavy (non-hydrogen) atoms. The van der Waals surface area contributed by atoms with Gasteiger partial charge in [0.15, 0.2) is 10.4 Å². The standard InChI is InChI=1S/C10H14BrN3O3/c11-8-5-4-7(17-8)10(15)13-6-2-1-3-9(12)14-16/h4-5,16H,1-3,6H2,(H2,12,14)(H,13,15). The van der Waals surface area contributed by atoms with Gasteiger partial charge in [-0.25, -0.2) is 0 Å². The molecule has 0 aliphatic carbocycles. The van der Waals surface area contributed by atoms with Gasteiger partial charge in [0.2, 0.25) is 0 Å². The Morgan fingerprint density at radius 1 is 1.53 bits per heavy atom. The number of amidine groups is 1. The lowest BCUT2D eigenvalue weighted by atomic mass is 10.2. The van der Waals surface area contributed by atoms with Gasteiger partial charge in [-0.05, 0) is 40.9 Å². The van der Waals surface area contributed by atoms with E-state index in [1.54, 1.807) is 12.1 Å². The highest BCUT2D eigenvalue weighted by Crippen LogP contribution is 2.13. The van der Waals surface area contributed by atoms with E-state index in [4.69, 9.17) is 15.4 Å². The van der Waals surface area contributed by atoms with Crippen LogP contribution in [0.2, 0.25) is 0 Å². The minimum absolute atomic E-state index is 0.200. The normalized spacial score (nSPS) is 11.5. The van der Waals surface area contributed by atoms with Gasteiger partial charge in [0.1, 0.15) is 5.84 Å². The van der Waals surface area contributed by atoms with Crippen LogP contribution in [0.4, 0.5) is 0 Å². The molecule has 0 radical (unpaired) electrons. The van der Waals surface area contributed by atoms with E-state index in [0.717, 1.165) is 12.8 Å². The summed E-state index contributed by atoms with van der Waals surface area (Å²) >= 11 is 3.12. The van der Waals surface area contributed by atoms with E-state index in [1.165, 1.54) is 0 Å². The number of amides is 1. The van der Waals surface area contributed by atoms with Gasteiger partial charge in [-0.1, -0.05) is 5.16 Å². The smallest absolute Gasteiger partial charge is 0.287 e. The second-order valence-electron chi connectivity index (χ2n) is 3.41. The van der Waals surface area contributed by atoms with E-state index in [2.05, 4.69) is 26.4 Å². The van der Waals surface area contributed by atoms with Crippen molar-refractivity contribution in [2.75, 3.05) is 6.54 Å². The average Bonchev–Trinajstić information content (AvgIpc) is 2.75. The van der Waals surface area contributed by atoms with Crippen molar-refractivity contribution < 1.29 is 14.4 Å². The number of unbranched alkanes of at least 4 members (excludes halogenated alkanes) is 1. The highest BCUT2D eigenvalue weighted by atomic mass is 79.9. The Kier molecular flexibility index (Phi) is 5.55. The van der Waals surface area contributed by atoms with Crippen LogP contribution >= 0.6 is 15.9 Å². The van der Waals surface area contributed by atoms with Crippen LogP contribution in [0, 0.1) is 0 Å². The van der Waals surface area contributed by atoms with Crippen molar-refractivity contribution in [3.05, 3.63) is 22.6 Å². The zero-order valence-electron chi connectivity index (χ0n) is 9.15. The maximum atomic E-state index is 11.5. The zero-order valence-corrected chi connectivity index (χ0v) is 10.7. The van der Waals surface area contributed by atoms with Crippen LogP contribution in [0.3, 0.4) is 0 Å². The highest BCUT2D eigenvalue weighted by molar-refractivity contribution is 9.10. The van der Waals surface area contributed by atoms with Crippen molar-refractivity contribution in [3.63, 3.8) is 0 Å². The Hall–Kier alpha value is -1.50. The topological polar surface area (TPSA) is 101 Å². The predicted molar refractivity (Wildman–Crippen MR) is 66.0 cm³/mol. The average molecular weight is 304 g/mol. The van der Waals surface area contributed by atoms with E-state index in [0.29, 0.717) is 17.6 Å². The summed E-state index contributed by atoms with van der Waals surface area (Å²) in [4.78, 5) is 11.5. The molecule has 6 nitrogen and oxygen atoms in total. The number of carbonyl (C=O) groups is 1. The minimum Gasteiger partial charge on any atom is -0.444 e. The molecule has 0 saturated carbocycles. The summed E-state index contributed by atoms with van der Waals surface area (Å²) in [5.41, 5.74) is 5.30. The molecule has 0 aliphatic heterocycles. The van der Waals surface area contributed by atoms with Crippen LogP contribution in [0.15, 0.2) is 26.4 Å². The fraction of sp³-hybridized carbons (Fsp3) is 0.400. The van der Waals surface area contributed by atoms with E-state index < -0.39 is 0 Å². The van der Waals surface area contributed by atoms with E-state index in [-0.39, 0.29) is 17.5 Å². The molecular weight excluding hydrogens is 290 g/mol. The molecule has 1 aromatic heterocycles. The maximum Gasteiger partial charge on any atom is 0.287 e. The van der Waals surface area contributed by atoms with Crippen molar-refractivity contribution in [2.24, 2.45) is 10.9 Å². The molecule has 1 aromatic rings. The van der Waals surface area contributed by atoms with Gasteiger partial charge < -0.3 is 20.7 Å². The Morgan fingerprint density at radius 3 is 2.88 bits per heavy atom. The van der Waals surface area contributed by atoms with E-state index in [1.807, 2.05) is 0 Å². The lowest BCUT2D eigenvalue weighted by Crippen LogP contribution is -2.24. The molecule has 0 saturated heterocycles. The lowest BCUT2D eigenvalue weighted by molar-refractivity contribution is 0.0924. The first-order valence-electron chi connectivity index (χ1n) is 5.13. The summed E-state index contributed by atoms with van der Waals surface area (Å²) in [5.74, 6) is 0.221. The van der Waals surface area contributed by atoms with Crippen molar-refractivity contribution in [2.45, 2.75) is 19.3 Å².